The number of nitrogens with two attached hydrogens (primary N) is 1. The number of rotatable bonds is 3. The molecule has 0 aliphatic heterocycles. The Morgan fingerprint density at radius 3 is 1.57 bits per heavy atom. The zero-order valence-electron chi connectivity index (χ0n) is 20.8. The van der Waals surface area contributed by atoms with Crippen molar-refractivity contribution < 1.29 is 10.0 Å². The maximum atomic E-state index is 10.6. The Bertz CT molecular complexity index is 1710. The highest BCUT2D eigenvalue weighted by Gasteiger charge is 2.08. The highest BCUT2D eigenvalue weighted by atomic mass is 127. The second-order valence-corrected chi connectivity index (χ2v) is 10.7. The number of aliphatic hydroxyl groups is 1. The van der Waals surface area contributed by atoms with Crippen molar-refractivity contribution in [2.24, 2.45) is 0 Å². The highest BCUT2D eigenvalue weighted by molar-refractivity contribution is 14.1. The van der Waals surface area contributed by atoms with Crippen LogP contribution in [0.4, 0.5) is 11.4 Å². The van der Waals surface area contributed by atoms with E-state index in [4.69, 9.17) is 10.8 Å². The van der Waals surface area contributed by atoms with E-state index in [1.807, 2.05) is 69.9 Å². The Morgan fingerprint density at radius 1 is 0.775 bits per heavy atom. The van der Waals surface area contributed by atoms with Gasteiger partial charge in [-0.25, -0.2) is 9.97 Å². The fourth-order valence-corrected chi connectivity index (χ4v) is 4.58. The molecule has 0 aliphatic carbocycles. The fourth-order valence-electron chi connectivity index (χ4n) is 3.62. The summed E-state index contributed by atoms with van der Waals surface area (Å²) in [6.45, 7) is 1.93. The Kier molecular flexibility index (Phi) is 11.0. The lowest BCUT2D eigenvalue weighted by atomic mass is 10.1. The van der Waals surface area contributed by atoms with Crippen LogP contribution in [0.3, 0.4) is 0 Å². The molecule has 0 radical (unpaired) electrons. The third kappa shape index (κ3) is 7.76. The van der Waals surface area contributed by atoms with Crippen molar-refractivity contribution in [2.75, 3.05) is 12.3 Å². The number of pyridine rings is 2. The van der Waals surface area contributed by atoms with Crippen LogP contribution in [-0.4, -0.2) is 35.4 Å². The molecule has 206 valence electrons. The molecule has 6 aromatic rings. The lowest BCUT2D eigenvalue weighted by molar-refractivity contribution is -0.384. The first-order valence-corrected chi connectivity index (χ1v) is 13.9. The van der Waals surface area contributed by atoms with Crippen LogP contribution in [0.1, 0.15) is 14.4 Å². The zero-order chi connectivity index (χ0) is 27.9. The summed E-state index contributed by atoms with van der Waals surface area (Å²) in [4.78, 5) is 19.3. The molecule has 11 heteroatoms. The molecule has 6 rings (SSSR count). The van der Waals surface area contributed by atoms with Crippen molar-refractivity contribution in [2.45, 2.75) is 14.4 Å². The Labute approximate surface area is 259 Å². The van der Waals surface area contributed by atoms with Crippen LogP contribution < -0.4 is 5.73 Å². The fraction of sp³-hybridized carbons (Fsp3) is 0.103. The predicted molar refractivity (Wildman–Crippen MR) is 177 cm³/mol. The van der Waals surface area contributed by atoms with Crippen molar-refractivity contribution in [3.63, 3.8) is 0 Å². The molecule has 0 fully saturated rings. The van der Waals surface area contributed by atoms with Crippen molar-refractivity contribution in [3.05, 3.63) is 115 Å². The molecule has 2 aromatic carbocycles. The van der Waals surface area contributed by atoms with E-state index in [0.29, 0.717) is 0 Å². The van der Waals surface area contributed by atoms with Crippen LogP contribution in [0.5, 0.6) is 0 Å². The number of nitro groups is 1. The molecule has 0 bridgehead atoms. The van der Waals surface area contributed by atoms with Crippen LogP contribution >= 0.6 is 45.2 Å². The lowest BCUT2D eigenvalue weighted by Gasteiger charge is -1.96. The van der Waals surface area contributed by atoms with Gasteiger partial charge in [-0.15, -0.1) is 0 Å². The maximum absolute atomic E-state index is 10.6. The normalized spacial score (nSPS) is 10.2. The van der Waals surface area contributed by atoms with Crippen molar-refractivity contribution in [1.29, 1.82) is 0 Å². The van der Waals surface area contributed by atoms with Gasteiger partial charge in [0.2, 0.25) is 0 Å². The van der Waals surface area contributed by atoms with Gasteiger partial charge in [0.25, 0.3) is 5.69 Å². The van der Waals surface area contributed by atoms with Crippen LogP contribution in [-0.2, 0) is 0 Å². The van der Waals surface area contributed by atoms with Crippen molar-refractivity contribution >= 4 is 67.9 Å². The van der Waals surface area contributed by atoms with Gasteiger partial charge in [-0.05, 0) is 101 Å². The standard InChI is InChI=1S/C13H8IN3O2.C13H10IN3.C2H6O.CH4/c14-10-3-6-13-15-12(8-16(13)7-10)9-1-4-11(5-2-9)17(18)19;14-10-3-6-13-16-12(8-17(13)7-10)9-1-4-11(15)5-2-9;1-2-3;/h1-8H;1-8H,15H2;3H,2H2,1H3;1H4. The summed E-state index contributed by atoms with van der Waals surface area (Å²) in [7, 11) is 0. The molecule has 40 heavy (non-hydrogen) atoms. The number of aliphatic hydroxyl groups excluding tert-OH is 1. The molecule has 4 aromatic heterocycles. The van der Waals surface area contributed by atoms with Gasteiger partial charge in [0, 0.05) is 67.5 Å². The molecule has 0 spiro atoms. The van der Waals surface area contributed by atoms with Gasteiger partial charge in [-0.2, -0.15) is 0 Å². The van der Waals surface area contributed by atoms with Gasteiger partial charge in [0.15, 0.2) is 0 Å². The van der Waals surface area contributed by atoms with Crippen LogP contribution in [0.25, 0.3) is 33.8 Å². The van der Waals surface area contributed by atoms with Gasteiger partial charge in [-0.1, -0.05) is 19.6 Å². The minimum Gasteiger partial charge on any atom is -0.399 e. The Balaban J connectivity index is 0.000000197. The minimum absolute atomic E-state index is 0. The SMILES string of the molecule is C.CCO.Nc1ccc(-c2cn3cc(I)ccc3n2)cc1.O=[N+]([O-])c1ccc(-c2cn3cc(I)ccc3n2)cc1. The average Bonchev–Trinajstić information content (AvgIpc) is 3.54. The molecule has 0 unspecified atom stereocenters. The molecular weight excluding hydrogens is 734 g/mol. The number of hydrogen-bond donors (Lipinski definition) is 2. The van der Waals surface area contributed by atoms with E-state index in [9.17, 15) is 10.1 Å². The van der Waals surface area contributed by atoms with Gasteiger partial charge in [-0.3, -0.25) is 10.1 Å². The minimum atomic E-state index is -0.407. The lowest BCUT2D eigenvalue weighted by Crippen LogP contribution is -1.87. The van der Waals surface area contributed by atoms with Gasteiger partial charge in [0.05, 0.1) is 16.3 Å². The summed E-state index contributed by atoms with van der Waals surface area (Å²) in [6.07, 6.45) is 7.99. The summed E-state index contributed by atoms with van der Waals surface area (Å²) < 4.78 is 6.29. The Hall–Kier alpha value is -3.56. The summed E-state index contributed by atoms with van der Waals surface area (Å²) in [5.74, 6) is 0. The quantitative estimate of drug-likeness (QED) is 0.0843. The molecule has 0 amide bonds. The number of hydrogen-bond acceptors (Lipinski definition) is 6. The zero-order valence-corrected chi connectivity index (χ0v) is 25.1. The topological polar surface area (TPSA) is 124 Å². The molecule has 0 aliphatic rings. The number of benzene rings is 2. The number of aromatic nitrogens is 4. The number of halogens is 2. The van der Waals surface area contributed by atoms with E-state index in [1.54, 1.807) is 19.1 Å². The number of nitro benzene ring substituents is 1. The molecule has 4 heterocycles. The highest BCUT2D eigenvalue weighted by Crippen LogP contribution is 2.23. The summed E-state index contributed by atoms with van der Waals surface area (Å²) >= 11 is 4.53. The van der Waals surface area contributed by atoms with E-state index in [-0.39, 0.29) is 19.7 Å². The average molecular weight is 762 g/mol. The number of imidazole rings is 2. The summed E-state index contributed by atoms with van der Waals surface area (Å²) in [5.41, 5.74) is 12.1. The predicted octanol–water partition coefficient (Wildman–Crippen LogP) is 7.34. The van der Waals surface area contributed by atoms with Gasteiger partial charge >= 0.3 is 0 Å². The number of nitrogen functional groups attached to an aromatic ring is 1. The van der Waals surface area contributed by atoms with Crippen molar-refractivity contribution in [3.8, 4) is 22.5 Å². The Morgan fingerprint density at radius 2 is 1.18 bits per heavy atom. The van der Waals surface area contributed by atoms with E-state index < -0.39 is 4.92 Å². The van der Waals surface area contributed by atoms with E-state index >= 15 is 0 Å². The number of anilines is 1. The van der Waals surface area contributed by atoms with Crippen LogP contribution in [0, 0.1) is 17.3 Å². The molecular formula is C29H28I2N6O3. The van der Waals surface area contributed by atoms with E-state index in [1.165, 1.54) is 15.7 Å². The largest absolute Gasteiger partial charge is 0.399 e. The van der Waals surface area contributed by atoms with Gasteiger partial charge < -0.3 is 19.6 Å². The van der Waals surface area contributed by atoms with E-state index in [2.05, 4.69) is 67.4 Å². The molecule has 3 N–H and O–H groups in total. The first-order valence-electron chi connectivity index (χ1n) is 11.8. The second kappa shape index (κ2) is 14.2. The smallest absolute Gasteiger partial charge is 0.269 e. The maximum Gasteiger partial charge on any atom is 0.269 e. The van der Waals surface area contributed by atoms with Crippen LogP contribution in [0.2, 0.25) is 0 Å². The van der Waals surface area contributed by atoms with Crippen LogP contribution in [0.15, 0.2) is 97.6 Å². The first-order chi connectivity index (χ1) is 18.8. The summed E-state index contributed by atoms with van der Waals surface area (Å²) in [6, 6.07) is 22.2. The molecule has 0 atom stereocenters. The number of fused-ring (bicyclic) bond motifs is 2. The molecule has 9 nitrogen and oxygen atoms in total. The van der Waals surface area contributed by atoms with Gasteiger partial charge in [0.1, 0.15) is 11.3 Å². The molecule has 0 saturated heterocycles. The number of non-ortho nitro benzene ring substituents is 1. The van der Waals surface area contributed by atoms with E-state index in [0.717, 1.165) is 43.1 Å². The van der Waals surface area contributed by atoms with Crippen molar-refractivity contribution in [1.82, 2.24) is 18.8 Å². The first kappa shape index (κ1) is 31.0. The summed E-state index contributed by atoms with van der Waals surface area (Å²) in [5, 5.41) is 18.2. The third-order valence-electron chi connectivity index (χ3n) is 5.41. The third-order valence-corrected chi connectivity index (χ3v) is 6.69. The second-order valence-electron chi connectivity index (χ2n) is 8.22. The molecule has 0 saturated carbocycles. The number of nitrogens with zero attached hydrogens (tertiary/aromatic N) is 5. The monoisotopic (exact) mass is 762 g/mol.